The van der Waals surface area contributed by atoms with E-state index in [4.69, 9.17) is 9.84 Å². The number of H-pyrrole nitrogens is 1. The zero-order chi connectivity index (χ0) is 14.9. The maximum absolute atomic E-state index is 11.7. The fraction of sp³-hybridized carbons (Fsp3) is 0.455. The van der Waals surface area contributed by atoms with Gasteiger partial charge >= 0.3 is 5.69 Å². The fourth-order valence-corrected chi connectivity index (χ4v) is 2.14. The summed E-state index contributed by atoms with van der Waals surface area (Å²) in [6, 6.07) is 0. The molecule has 1 aliphatic heterocycles. The van der Waals surface area contributed by atoms with Crippen molar-refractivity contribution < 1.29 is 20.1 Å². The molecule has 0 saturated carbocycles. The molecular formula is C11H11BrN2O6. The van der Waals surface area contributed by atoms with Gasteiger partial charge in [-0.25, -0.2) is 4.79 Å². The van der Waals surface area contributed by atoms with Crippen molar-refractivity contribution in [1.82, 2.24) is 9.55 Å². The molecular weight excluding hydrogens is 336 g/mol. The number of hydrogen-bond donors (Lipinski definition) is 4. The molecule has 2 rings (SSSR count). The second-order valence-corrected chi connectivity index (χ2v) is 4.55. The zero-order valence-electron chi connectivity index (χ0n) is 9.99. The first kappa shape index (κ1) is 15.0. The van der Waals surface area contributed by atoms with Crippen LogP contribution in [0.5, 0.6) is 0 Å². The molecule has 0 radical (unpaired) electrons. The van der Waals surface area contributed by atoms with Crippen molar-refractivity contribution in [3.63, 3.8) is 0 Å². The second-order valence-electron chi connectivity index (χ2n) is 4.16. The van der Waals surface area contributed by atoms with Gasteiger partial charge in [0.15, 0.2) is 6.23 Å². The summed E-state index contributed by atoms with van der Waals surface area (Å²) in [5.41, 5.74) is -1.51. The highest BCUT2D eigenvalue weighted by Gasteiger charge is 2.43. The van der Waals surface area contributed by atoms with Crippen LogP contribution in [0.15, 0.2) is 15.8 Å². The Morgan fingerprint density at radius 3 is 2.65 bits per heavy atom. The van der Waals surface area contributed by atoms with Crippen LogP contribution in [0.25, 0.3) is 0 Å². The maximum Gasteiger partial charge on any atom is 0.330 e. The standard InChI is InChI=1S/C11H11BrN2O6/c12-2-1-5-3-14(11(19)13-9(5)18)10-8(17)7(16)6(4-15)20-10/h3,6-8,10,15-17H,4H2,(H,13,18,19)/t6-,7?,8?,10-/m0/s1. The van der Waals surface area contributed by atoms with E-state index in [0.29, 0.717) is 0 Å². The minimum atomic E-state index is -1.42. The van der Waals surface area contributed by atoms with Gasteiger partial charge in [-0.1, -0.05) is 0 Å². The fourth-order valence-electron chi connectivity index (χ4n) is 1.92. The summed E-state index contributed by atoms with van der Waals surface area (Å²) in [5.74, 6) is 2.43. The monoisotopic (exact) mass is 346 g/mol. The molecule has 1 aliphatic rings. The molecule has 0 aliphatic carbocycles. The van der Waals surface area contributed by atoms with E-state index in [0.717, 1.165) is 10.8 Å². The molecule has 2 heterocycles. The Morgan fingerprint density at radius 1 is 1.40 bits per heavy atom. The maximum atomic E-state index is 11.7. The van der Waals surface area contributed by atoms with E-state index in [-0.39, 0.29) is 5.56 Å². The predicted molar refractivity (Wildman–Crippen MR) is 70.1 cm³/mol. The summed E-state index contributed by atoms with van der Waals surface area (Å²) in [7, 11) is 0. The van der Waals surface area contributed by atoms with Crippen LogP contribution in [0.3, 0.4) is 0 Å². The first-order valence-electron chi connectivity index (χ1n) is 5.59. The largest absolute Gasteiger partial charge is 0.394 e. The number of nitrogens with one attached hydrogen (secondary N) is 1. The highest BCUT2D eigenvalue weighted by Crippen LogP contribution is 2.27. The van der Waals surface area contributed by atoms with Crippen LogP contribution in [0, 0.1) is 10.8 Å². The van der Waals surface area contributed by atoms with E-state index < -0.39 is 42.4 Å². The van der Waals surface area contributed by atoms with Gasteiger partial charge in [0.25, 0.3) is 5.56 Å². The van der Waals surface area contributed by atoms with E-state index in [1.807, 2.05) is 4.98 Å². The van der Waals surface area contributed by atoms with Crippen LogP contribution in [-0.2, 0) is 4.74 Å². The average Bonchev–Trinajstić information content (AvgIpc) is 2.70. The molecule has 4 atom stereocenters. The van der Waals surface area contributed by atoms with E-state index >= 15 is 0 Å². The van der Waals surface area contributed by atoms with E-state index in [1.165, 1.54) is 0 Å². The number of aliphatic hydroxyl groups is 3. The number of nitrogens with zero attached hydrogens (tertiary/aromatic N) is 1. The van der Waals surface area contributed by atoms with E-state index in [2.05, 4.69) is 26.7 Å². The van der Waals surface area contributed by atoms with E-state index in [9.17, 15) is 19.8 Å². The first-order chi connectivity index (χ1) is 9.49. The molecule has 1 aromatic heterocycles. The summed E-state index contributed by atoms with van der Waals surface area (Å²) >= 11 is 2.83. The lowest BCUT2D eigenvalue weighted by atomic mass is 10.1. The Balaban J connectivity index is 2.47. The van der Waals surface area contributed by atoms with Gasteiger partial charge in [0, 0.05) is 22.1 Å². The Labute approximate surface area is 120 Å². The Bertz CT molecular complexity index is 672. The molecule has 0 amide bonds. The lowest BCUT2D eigenvalue weighted by Gasteiger charge is -2.17. The number of hydrogen-bond acceptors (Lipinski definition) is 6. The smallest absolute Gasteiger partial charge is 0.330 e. The van der Waals surface area contributed by atoms with Crippen molar-refractivity contribution in [2.75, 3.05) is 6.61 Å². The third-order valence-electron chi connectivity index (χ3n) is 2.94. The van der Waals surface area contributed by atoms with Gasteiger partial charge in [0.1, 0.15) is 23.9 Å². The van der Waals surface area contributed by atoms with Crippen molar-refractivity contribution in [2.24, 2.45) is 0 Å². The van der Waals surface area contributed by atoms with Crippen molar-refractivity contribution in [3.05, 3.63) is 32.6 Å². The lowest BCUT2D eigenvalue weighted by molar-refractivity contribution is -0.0550. The summed E-state index contributed by atoms with van der Waals surface area (Å²) in [6.45, 7) is -0.513. The molecule has 1 fully saturated rings. The molecule has 8 nitrogen and oxygen atoms in total. The third kappa shape index (κ3) is 2.56. The SMILES string of the molecule is O=c1[nH]c(=O)n([C@H]2O[C@@H](CO)C(O)C2O)cc1C#CBr. The van der Waals surface area contributed by atoms with Crippen LogP contribution in [0.2, 0.25) is 0 Å². The topological polar surface area (TPSA) is 125 Å². The molecule has 1 aromatic rings. The molecule has 4 N–H and O–H groups in total. The molecule has 108 valence electrons. The number of ether oxygens (including phenoxy) is 1. The van der Waals surface area contributed by atoms with Gasteiger partial charge in [0.05, 0.1) is 6.61 Å². The molecule has 0 aromatic carbocycles. The lowest BCUT2D eigenvalue weighted by Crippen LogP contribution is -2.38. The van der Waals surface area contributed by atoms with Gasteiger partial charge < -0.3 is 20.1 Å². The summed E-state index contributed by atoms with van der Waals surface area (Å²) in [6.07, 6.45) is -3.87. The minimum absolute atomic E-state index is 0.0146. The number of halogens is 1. The number of rotatable bonds is 2. The number of aromatic nitrogens is 2. The minimum Gasteiger partial charge on any atom is -0.394 e. The highest BCUT2D eigenvalue weighted by atomic mass is 79.9. The third-order valence-corrected chi connectivity index (χ3v) is 3.14. The molecule has 0 spiro atoms. The van der Waals surface area contributed by atoms with Gasteiger partial charge in [-0.15, -0.1) is 0 Å². The predicted octanol–water partition coefficient (Wildman–Crippen LogP) is -2.15. The van der Waals surface area contributed by atoms with Gasteiger partial charge in [-0.2, -0.15) is 0 Å². The summed E-state index contributed by atoms with van der Waals surface area (Å²) < 4.78 is 6.12. The van der Waals surface area contributed by atoms with Gasteiger partial charge in [0.2, 0.25) is 0 Å². The highest BCUT2D eigenvalue weighted by molar-refractivity contribution is 9.12. The van der Waals surface area contributed by atoms with Gasteiger partial charge in [-0.05, 0) is 10.8 Å². The van der Waals surface area contributed by atoms with Crippen LogP contribution < -0.4 is 11.2 Å². The molecule has 0 bridgehead atoms. The normalized spacial score (nSPS) is 29.0. The van der Waals surface area contributed by atoms with Crippen molar-refractivity contribution in [1.29, 1.82) is 0 Å². The zero-order valence-corrected chi connectivity index (χ0v) is 11.6. The van der Waals surface area contributed by atoms with Crippen molar-refractivity contribution >= 4 is 15.9 Å². The molecule has 20 heavy (non-hydrogen) atoms. The number of aromatic amines is 1. The summed E-state index contributed by atoms with van der Waals surface area (Å²) in [5, 5.41) is 28.5. The van der Waals surface area contributed by atoms with Crippen molar-refractivity contribution in [3.8, 4) is 10.8 Å². The van der Waals surface area contributed by atoms with Crippen LogP contribution >= 0.6 is 15.9 Å². The Hall–Kier alpha value is -1.44. The second kappa shape index (κ2) is 5.90. The van der Waals surface area contributed by atoms with Gasteiger partial charge in [-0.3, -0.25) is 14.3 Å². The molecule has 1 saturated heterocycles. The first-order valence-corrected chi connectivity index (χ1v) is 6.38. The molecule has 9 heteroatoms. The van der Waals surface area contributed by atoms with Crippen LogP contribution in [0.4, 0.5) is 0 Å². The van der Waals surface area contributed by atoms with Crippen molar-refractivity contribution in [2.45, 2.75) is 24.5 Å². The van der Waals surface area contributed by atoms with Crippen LogP contribution in [0.1, 0.15) is 11.8 Å². The van der Waals surface area contributed by atoms with E-state index in [1.54, 1.807) is 0 Å². The average molecular weight is 347 g/mol. The Morgan fingerprint density at radius 2 is 2.10 bits per heavy atom. The van der Waals surface area contributed by atoms with Crippen LogP contribution in [-0.4, -0.2) is 49.8 Å². The number of aliphatic hydroxyl groups excluding tert-OH is 3. The summed E-state index contributed by atoms with van der Waals surface area (Å²) in [4.78, 5) is 27.6. The molecule has 2 unspecified atom stereocenters. The quantitative estimate of drug-likeness (QED) is 0.452. The Kier molecular flexibility index (Phi) is 4.42.